The lowest BCUT2D eigenvalue weighted by atomic mass is 10.1. The first kappa shape index (κ1) is 16.0. The molecule has 0 saturated carbocycles. The first-order valence-electron chi connectivity index (χ1n) is 6.79. The van der Waals surface area contributed by atoms with Gasteiger partial charge < -0.3 is 5.32 Å². The minimum Gasteiger partial charge on any atom is -0.307 e. The van der Waals surface area contributed by atoms with Gasteiger partial charge in [0.2, 0.25) is 0 Å². The van der Waals surface area contributed by atoms with Crippen LogP contribution >= 0.6 is 0 Å². The van der Waals surface area contributed by atoms with Crippen molar-refractivity contribution in [1.82, 2.24) is 15.3 Å². The summed E-state index contributed by atoms with van der Waals surface area (Å²) in [5, 5.41) is 3.37. The molecule has 1 rings (SSSR count). The maximum Gasteiger partial charge on any atom is 0.150 e. The smallest absolute Gasteiger partial charge is 0.150 e. The predicted molar refractivity (Wildman–Crippen MR) is 76.6 cm³/mol. The lowest BCUT2D eigenvalue weighted by molar-refractivity contribution is 0.471. The minimum absolute atomic E-state index is 0.0354. The Morgan fingerprint density at radius 2 is 1.95 bits per heavy atom. The van der Waals surface area contributed by atoms with Crippen LogP contribution in [0.5, 0.6) is 0 Å². The van der Waals surface area contributed by atoms with E-state index in [1.54, 1.807) is 25.4 Å². The van der Waals surface area contributed by atoms with Crippen LogP contribution in [0.2, 0.25) is 0 Å². The fourth-order valence-corrected chi connectivity index (χ4v) is 2.68. The normalized spacial score (nSPS) is 13.4. The van der Waals surface area contributed by atoms with Gasteiger partial charge in [-0.05, 0) is 31.9 Å². The molecule has 0 amide bonds. The van der Waals surface area contributed by atoms with Crippen molar-refractivity contribution in [2.24, 2.45) is 0 Å². The van der Waals surface area contributed by atoms with E-state index >= 15 is 0 Å². The lowest BCUT2D eigenvalue weighted by Crippen LogP contribution is -2.24. The molecule has 0 fully saturated rings. The molecule has 1 unspecified atom stereocenters. The van der Waals surface area contributed by atoms with Crippen molar-refractivity contribution in [2.45, 2.75) is 39.2 Å². The first-order chi connectivity index (χ1) is 9.09. The van der Waals surface area contributed by atoms with E-state index in [1.807, 2.05) is 0 Å². The molecule has 19 heavy (non-hydrogen) atoms. The molecular formula is C13H23N3O2S. The highest BCUT2D eigenvalue weighted by Gasteiger charge is 2.15. The number of nitrogens with zero attached hydrogens (tertiary/aromatic N) is 2. The first-order valence-corrected chi connectivity index (χ1v) is 8.62. The van der Waals surface area contributed by atoms with E-state index in [9.17, 15) is 8.42 Å². The summed E-state index contributed by atoms with van der Waals surface area (Å²) in [4.78, 5) is 8.49. The summed E-state index contributed by atoms with van der Waals surface area (Å²) in [5.41, 5.74) is 0. The van der Waals surface area contributed by atoms with Crippen LogP contribution in [-0.4, -0.2) is 36.4 Å². The summed E-state index contributed by atoms with van der Waals surface area (Å²) in [6.45, 7) is 4.66. The van der Waals surface area contributed by atoms with Gasteiger partial charge in [0.25, 0.3) is 0 Å². The molecule has 5 nitrogen and oxygen atoms in total. The highest BCUT2D eigenvalue weighted by molar-refractivity contribution is 7.91. The molecule has 0 aliphatic heterocycles. The number of nitrogens with one attached hydrogen (secondary N) is 1. The summed E-state index contributed by atoms with van der Waals surface area (Å²) in [5.74, 6) is 1.19. The van der Waals surface area contributed by atoms with Gasteiger partial charge in [-0.1, -0.05) is 13.8 Å². The van der Waals surface area contributed by atoms with E-state index < -0.39 is 9.84 Å². The van der Waals surface area contributed by atoms with Crippen LogP contribution in [0.25, 0.3) is 0 Å². The van der Waals surface area contributed by atoms with Gasteiger partial charge in [-0.2, -0.15) is 0 Å². The van der Waals surface area contributed by atoms with Crippen LogP contribution in [0.4, 0.5) is 0 Å². The molecule has 1 aromatic heterocycles. The van der Waals surface area contributed by atoms with Gasteiger partial charge in [0, 0.05) is 18.1 Å². The molecule has 1 heterocycles. The largest absolute Gasteiger partial charge is 0.307 e. The third-order valence-corrected chi connectivity index (χ3v) is 4.72. The average molecular weight is 285 g/mol. The second-order valence-corrected chi connectivity index (χ2v) is 6.97. The fraction of sp³-hybridized carbons (Fsp3) is 0.692. The maximum atomic E-state index is 11.5. The van der Waals surface area contributed by atoms with E-state index in [-0.39, 0.29) is 17.5 Å². The molecule has 1 atom stereocenters. The summed E-state index contributed by atoms with van der Waals surface area (Å²) in [6.07, 6.45) is 5.83. The third kappa shape index (κ3) is 6.11. The molecule has 0 aliphatic rings. The Labute approximate surface area is 115 Å². The molecule has 0 spiro atoms. The van der Waals surface area contributed by atoms with Crippen molar-refractivity contribution in [1.29, 1.82) is 0 Å². The van der Waals surface area contributed by atoms with Crippen LogP contribution in [-0.2, 0) is 9.84 Å². The minimum atomic E-state index is -2.89. The van der Waals surface area contributed by atoms with Crippen molar-refractivity contribution in [2.75, 3.05) is 18.1 Å². The van der Waals surface area contributed by atoms with Crippen LogP contribution in [0.15, 0.2) is 18.5 Å². The second-order valence-electron chi connectivity index (χ2n) is 4.49. The van der Waals surface area contributed by atoms with Gasteiger partial charge in [-0.3, -0.25) is 0 Å². The van der Waals surface area contributed by atoms with Gasteiger partial charge in [0.05, 0.1) is 11.8 Å². The van der Waals surface area contributed by atoms with Gasteiger partial charge in [-0.25, -0.2) is 18.4 Å². The Kier molecular flexibility index (Phi) is 6.94. The molecule has 0 saturated heterocycles. The van der Waals surface area contributed by atoms with Crippen molar-refractivity contribution in [3.8, 4) is 0 Å². The number of hydrogen-bond donors (Lipinski definition) is 1. The van der Waals surface area contributed by atoms with Crippen molar-refractivity contribution in [3.63, 3.8) is 0 Å². The highest BCUT2D eigenvalue weighted by Crippen LogP contribution is 2.14. The fourth-order valence-electron chi connectivity index (χ4n) is 1.78. The number of sulfone groups is 1. The average Bonchev–Trinajstić information content (AvgIpc) is 2.43. The maximum absolute atomic E-state index is 11.5. The lowest BCUT2D eigenvalue weighted by Gasteiger charge is -2.16. The van der Waals surface area contributed by atoms with E-state index in [4.69, 9.17) is 0 Å². The molecule has 0 bridgehead atoms. The molecule has 1 N–H and O–H groups in total. The topological polar surface area (TPSA) is 72.0 Å². The molecule has 1 aromatic rings. The Hall–Kier alpha value is -1.01. The van der Waals surface area contributed by atoms with E-state index in [2.05, 4.69) is 22.2 Å². The summed E-state index contributed by atoms with van der Waals surface area (Å²) in [6, 6.07) is 1.82. The molecule has 6 heteroatoms. The quantitative estimate of drug-likeness (QED) is 0.748. The van der Waals surface area contributed by atoms with Gasteiger partial charge in [0.15, 0.2) is 0 Å². The van der Waals surface area contributed by atoms with E-state index in [0.29, 0.717) is 6.42 Å². The molecule has 108 valence electrons. The zero-order valence-corrected chi connectivity index (χ0v) is 12.5. The monoisotopic (exact) mass is 285 g/mol. The van der Waals surface area contributed by atoms with Crippen LogP contribution in [0, 0.1) is 0 Å². The summed E-state index contributed by atoms with van der Waals surface area (Å²) in [7, 11) is -2.89. The zero-order valence-electron chi connectivity index (χ0n) is 11.7. The summed E-state index contributed by atoms with van der Waals surface area (Å²) < 4.78 is 23.0. The predicted octanol–water partition coefficient (Wildman–Crippen LogP) is 1.73. The van der Waals surface area contributed by atoms with Crippen molar-refractivity contribution >= 4 is 9.84 Å². The van der Waals surface area contributed by atoms with Crippen LogP contribution in [0.3, 0.4) is 0 Å². The number of aromatic nitrogens is 2. The standard InChI is InChI=1S/C13H23N3O2S/c1-3-8-14-12(13-15-9-6-10-16-13)7-5-11-19(17,18)4-2/h6,9-10,12,14H,3-5,7-8,11H2,1-2H3. The molecule has 0 aliphatic carbocycles. The highest BCUT2D eigenvalue weighted by atomic mass is 32.2. The van der Waals surface area contributed by atoms with Gasteiger partial charge in [-0.15, -0.1) is 0 Å². The molecular weight excluding hydrogens is 262 g/mol. The third-order valence-electron chi connectivity index (χ3n) is 2.93. The van der Waals surface area contributed by atoms with Crippen LogP contribution in [0.1, 0.15) is 45.0 Å². The Balaban J connectivity index is 2.56. The number of rotatable bonds is 9. The van der Waals surface area contributed by atoms with Crippen molar-refractivity contribution < 1.29 is 8.42 Å². The Bertz CT molecular complexity index is 448. The van der Waals surface area contributed by atoms with Crippen LogP contribution < -0.4 is 5.32 Å². The molecule has 0 radical (unpaired) electrons. The second kappa shape index (κ2) is 8.22. The summed E-state index contributed by atoms with van der Waals surface area (Å²) >= 11 is 0. The SMILES string of the molecule is CCCNC(CCCS(=O)(=O)CC)c1ncccn1. The zero-order chi connectivity index (χ0) is 14.1. The van der Waals surface area contributed by atoms with Crippen molar-refractivity contribution in [3.05, 3.63) is 24.3 Å². The van der Waals surface area contributed by atoms with Gasteiger partial charge in [0.1, 0.15) is 15.7 Å². The Morgan fingerprint density at radius 1 is 1.26 bits per heavy atom. The molecule has 0 aromatic carbocycles. The number of hydrogen-bond acceptors (Lipinski definition) is 5. The van der Waals surface area contributed by atoms with Gasteiger partial charge >= 0.3 is 0 Å². The van der Waals surface area contributed by atoms with E-state index in [1.165, 1.54) is 0 Å². The Morgan fingerprint density at radius 3 is 2.53 bits per heavy atom. The van der Waals surface area contributed by atoms with E-state index in [0.717, 1.165) is 25.2 Å².